The number of halogens is 2. The average molecular weight is 504 g/mol. The number of nitrogens with one attached hydrogen (secondary N) is 1. The Labute approximate surface area is 211 Å². The molecule has 0 unspecified atom stereocenters. The third kappa shape index (κ3) is 4.44. The first-order chi connectivity index (χ1) is 16.9. The Bertz CT molecular complexity index is 1470. The zero-order valence-corrected chi connectivity index (χ0v) is 20.2. The molecule has 2 aromatic heterocycles. The number of hydrogen-bond donors (Lipinski definition) is 1. The van der Waals surface area contributed by atoms with Crippen molar-refractivity contribution in [3.8, 4) is 17.3 Å². The summed E-state index contributed by atoms with van der Waals surface area (Å²) in [6.07, 6.45) is 4.02. The maximum Gasteiger partial charge on any atom is 0.231 e. The van der Waals surface area contributed by atoms with Gasteiger partial charge >= 0.3 is 0 Å². The van der Waals surface area contributed by atoms with Crippen LogP contribution in [0.15, 0.2) is 54.9 Å². The maximum atomic E-state index is 13.2. The number of rotatable bonds is 5. The van der Waals surface area contributed by atoms with Gasteiger partial charge in [-0.05, 0) is 47.9 Å². The largest absolute Gasteiger partial charge is 0.310 e. The monoisotopic (exact) mass is 503 g/mol. The Morgan fingerprint density at radius 1 is 1.17 bits per heavy atom. The van der Waals surface area contributed by atoms with E-state index in [1.807, 2.05) is 19.2 Å². The molecule has 0 fully saturated rings. The van der Waals surface area contributed by atoms with E-state index in [0.29, 0.717) is 51.5 Å². The Hall–Kier alpha value is -3.93. The topological polar surface area (TPSA) is 99.7 Å². The van der Waals surface area contributed by atoms with Gasteiger partial charge in [-0.1, -0.05) is 29.3 Å². The van der Waals surface area contributed by atoms with Gasteiger partial charge in [-0.3, -0.25) is 9.48 Å². The zero-order chi connectivity index (χ0) is 24.5. The lowest BCUT2D eigenvalue weighted by Gasteiger charge is -2.20. The Morgan fingerprint density at radius 3 is 2.69 bits per heavy atom. The predicted molar refractivity (Wildman–Crippen MR) is 135 cm³/mol. The normalized spacial score (nSPS) is 12.3. The van der Waals surface area contributed by atoms with Crippen molar-refractivity contribution in [3.63, 3.8) is 0 Å². The smallest absolute Gasteiger partial charge is 0.231 e. The molecule has 1 aliphatic heterocycles. The molecule has 5 rings (SSSR count). The predicted octanol–water partition coefficient (Wildman–Crippen LogP) is 4.93. The number of anilines is 3. The molecule has 0 atom stereocenters. The van der Waals surface area contributed by atoms with E-state index in [1.54, 1.807) is 52.3 Å². The summed E-state index contributed by atoms with van der Waals surface area (Å²) in [4.78, 5) is 23.7. The molecule has 0 saturated carbocycles. The van der Waals surface area contributed by atoms with Crippen LogP contribution in [-0.2, 0) is 24.7 Å². The number of carbonyl (C=O) groups excluding carboxylic acids is 1. The second-order valence-corrected chi connectivity index (χ2v) is 8.86. The molecule has 35 heavy (non-hydrogen) atoms. The van der Waals surface area contributed by atoms with Gasteiger partial charge in [0.1, 0.15) is 11.9 Å². The van der Waals surface area contributed by atoms with Crippen molar-refractivity contribution in [2.75, 3.05) is 16.8 Å². The molecular formula is C25H19Cl2N7O. The molecule has 0 saturated heterocycles. The molecule has 1 amide bonds. The number of nitrogens with zero attached hydrogens (tertiary/aromatic N) is 6. The molecule has 8 nitrogen and oxygen atoms in total. The minimum atomic E-state index is -0.160. The van der Waals surface area contributed by atoms with Crippen LogP contribution in [0.4, 0.5) is 17.5 Å². The van der Waals surface area contributed by atoms with E-state index < -0.39 is 0 Å². The van der Waals surface area contributed by atoms with Crippen molar-refractivity contribution in [2.24, 2.45) is 7.05 Å². The maximum absolute atomic E-state index is 13.2. The summed E-state index contributed by atoms with van der Waals surface area (Å²) in [5.41, 5.74) is 3.98. The van der Waals surface area contributed by atoms with E-state index in [4.69, 9.17) is 23.2 Å². The lowest BCUT2D eigenvalue weighted by Crippen LogP contribution is -2.31. The van der Waals surface area contributed by atoms with Crippen LogP contribution >= 0.6 is 23.2 Å². The summed E-state index contributed by atoms with van der Waals surface area (Å²) in [7, 11) is 1.82. The third-order valence-electron chi connectivity index (χ3n) is 5.89. The van der Waals surface area contributed by atoms with Crippen LogP contribution in [0.1, 0.15) is 16.7 Å². The van der Waals surface area contributed by atoms with Gasteiger partial charge in [0.15, 0.2) is 0 Å². The van der Waals surface area contributed by atoms with Crippen molar-refractivity contribution >= 4 is 46.6 Å². The molecular weight excluding hydrogens is 485 g/mol. The van der Waals surface area contributed by atoms with Gasteiger partial charge in [0.05, 0.1) is 29.6 Å². The zero-order valence-electron chi connectivity index (χ0n) is 18.7. The Kier molecular flexibility index (Phi) is 6.12. The lowest BCUT2D eigenvalue weighted by molar-refractivity contribution is -0.117. The number of benzene rings is 2. The first-order valence-electron chi connectivity index (χ1n) is 10.8. The van der Waals surface area contributed by atoms with E-state index in [2.05, 4.69) is 26.5 Å². The van der Waals surface area contributed by atoms with Crippen LogP contribution in [0.3, 0.4) is 0 Å². The average Bonchev–Trinajstić information content (AvgIpc) is 3.47. The van der Waals surface area contributed by atoms with Gasteiger partial charge in [0.2, 0.25) is 11.9 Å². The highest BCUT2D eigenvalue weighted by atomic mass is 35.5. The Morgan fingerprint density at radius 2 is 1.97 bits per heavy atom. The number of amides is 1. The Balaban J connectivity index is 1.45. The molecule has 10 heteroatoms. The summed E-state index contributed by atoms with van der Waals surface area (Å²) >= 11 is 12.5. The number of aromatic nitrogens is 4. The van der Waals surface area contributed by atoms with Crippen molar-refractivity contribution in [1.82, 2.24) is 19.7 Å². The second kappa shape index (κ2) is 9.37. The molecule has 0 radical (unpaired) electrons. The highest BCUT2D eigenvalue weighted by Gasteiger charge is 2.29. The molecule has 0 spiro atoms. The fraction of sp³-hybridized carbons (Fsp3) is 0.160. The van der Waals surface area contributed by atoms with Crippen LogP contribution in [0.5, 0.6) is 0 Å². The lowest BCUT2D eigenvalue weighted by atomic mass is 10.0. The van der Waals surface area contributed by atoms with E-state index in [0.717, 1.165) is 16.9 Å². The van der Waals surface area contributed by atoms with E-state index in [1.165, 1.54) is 0 Å². The molecule has 1 aliphatic rings. The summed E-state index contributed by atoms with van der Waals surface area (Å²) in [6, 6.07) is 14.7. The van der Waals surface area contributed by atoms with Crippen LogP contribution in [-0.4, -0.2) is 32.2 Å². The fourth-order valence-electron chi connectivity index (χ4n) is 4.17. The number of fused-ring (bicyclic) bond motifs is 1. The SMILES string of the molecule is Cn1nccc1Nc1nccc(-c2cc(C#N)c3c(c2)CCN3C(=O)Cc2c(Cl)cccc2Cl)n1. The van der Waals surface area contributed by atoms with Crippen LogP contribution in [0.2, 0.25) is 10.0 Å². The molecule has 2 aromatic carbocycles. The summed E-state index contributed by atoms with van der Waals surface area (Å²) < 4.78 is 1.68. The first kappa shape index (κ1) is 22.8. The number of aryl methyl sites for hydroxylation is 1. The number of carbonyl (C=O) groups is 1. The van der Waals surface area contributed by atoms with E-state index >= 15 is 0 Å². The minimum Gasteiger partial charge on any atom is -0.310 e. The van der Waals surface area contributed by atoms with Gasteiger partial charge in [-0.25, -0.2) is 9.97 Å². The van der Waals surface area contributed by atoms with E-state index in [9.17, 15) is 10.1 Å². The van der Waals surface area contributed by atoms with Crippen molar-refractivity contribution < 1.29 is 4.79 Å². The van der Waals surface area contributed by atoms with Crippen molar-refractivity contribution in [3.05, 3.63) is 81.6 Å². The summed E-state index contributed by atoms with van der Waals surface area (Å²) in [5, 5.41) is 18.1. The van der Waals surface area contributed by atoms with Gasteiger partial charge < -0.3 is 10.2 Å². The van der Waals surface area contributed by atoms with Gasteiger partial charge in [-0.15, -0.1) is 0 Å². The van der Waals surface area contributed by atoms with E-state index in [-0.39, 0.29) is 12.3 Å². The number of nitriles is 1. The standard InChI is InChI=1S/C25H19Cl2N7O/c1-33-22(6-9-30-33)32-25-29-8-5-21(31-25)16-11-15-7-10-34(24(15)17(12-16)14-28)23(35)13-18-19(26)3-2-4-20(18)27/h2-6,8-9,11-12H,7,10,13H2,1H3,(H,29,31,32). The molecule has 1 N–H and O–H groups in total. The summed E-state index contributed by atoms with van der Waals surface area (Å²) in [5.74, 6) is 1.01. The summed E-state index contributed by atoms with van der Waals surface area (Å²) in [6.45, 7) is 0.478. The highest BCUT2D eigenvalue weighted by Crippen LogP contribution is 2.37. The van der Waals surface area contributed by atoms with Crippen LogP contribution < -0.4 is 10.2 Å². The first-order valence-corrected chi connectivity index (χ1v) is 11.6. The molecule has 174 valence electrons. The minimum absolute atomic E-state index is 0.0551. The third-order valence-corrected chi connectivity index (χ3v) is 6.60. The van der Waals surface area contributed by atoms with Gasteiger partial charge in [0.25, 0.3) is 0 Å². The van der Waals surface area contributed by atoms with Crippen LogP contribution in [0.25, 0.3) is 11.3 Å². The molecule has 3 heterocycles. The number of hydrogen-bond acceptors (Lipinski definition) is 6. The fourth-order valence-corrected chi connectivity index (χ4v) is 4.70. The highest BCUT2D eigenvalue weighted by molar-refractivity contribution is 6.36. The van der Waals surface area contributed by atoms with Crippen molar-refractivity contribution in [1.29, 1.82) is 5.26 Å². The van der Waals surface area contributed by atoms with Gasteiger partial charge in [0, 0.05) is 41.5 Å². The molecule has 4 aromatic rings. The second-order valence-electron chi connectivity index (χ2n) is 8.05. The quantitative estimate of drug-likeness (QED) is 0.414. The van der Waals surface area contributed by atoms with Crippen molar-refractivity contribution in [2.45, 2.75) is 12.8 Å². The van der Waals surface area contributed by atoms with Crippen LogP contribution in [0, 0.1) is 11.3 Å². The molecule has 0 aliphatic carbocycles. The van der Waals surface area contributed by atoms with Gasteiger partial charge in [-0.2, -0.15) is 10.4 Å². The molecule has 0 bridgehead atoms.